The predicted molar refractivity (Wildman–Crippen MR) is 95.3 cm³/mol. The van der Waals surface area contributed by atoms with Gasteiger partial charge in [-0.15, -0.1) is 0 Å². The van der Waals surface area contributed by atoms with E-state index in [0.717, 1.165) is 16.5 Å². The fourth-order valence-corrected chi connectivity index (χ4v) is 2.71. The summed E-state index contributed by atoms with van der Waals surface area (Å²) >= 11 is 0. The summed E-state index contributed by atoms with van der Waals surface area (Å²) in [6, 6.07) is 11.8. The van der Waals surface area contributed by atoms with Gasteiger partial charge >= 0.3 is 0 Å². The number of carbonyl (C=O) groups is 1. The minimum Gasteiger partial charge on any atom is -0.394 e. The number of hydrogen-bond acceptors (Lipinski definition) is 5. The highest BCUT2D eigenvalue weighted by Crippen LogP contribution is 2.23. The Labute approximate surface area is 152 Å². The molecule has 1 amide bonds. The highest BCUT2D eigenvalue weighted by atomic mass is 19.1. The normalized spacial score (nSPS) is 12.2. The van der Waals surface area contributed by atoms with Gasteiger partial charge in [-0.05, 0) is 41.8 Å². The fraction of sp³-hybridized carbons (Fsp3) is 0.105. The largest absolute Gasteiger partial charge is 0.394 e. The van der Waals surface area contributed by atoms with Crippen molar-refractivity contribution in [2.45, 2.75) is 6.04 Å². The van der Waals surface area contributed by atoms with E-state index in [-0.39, 0.29) is 11.5 Å². The number of nitrogens with zero attached hydrogens (tertiary/aromatic N) is 2. The molecule has 0 aliphatic carbocycles. The zero-order valence-electron chi connectivity index (χ0n) is 14.0. The molecule has 0 spiro atoms. The molecular formula is C19H15FN4O3. The number of benzene rings is 2. The van der Waals surface area contributed by atoms with Gasteiger partial charge in [0.15, 0.2) is 0 Å². The van der Waals surface area contributed by atoms with E-state index in [9.17, 15) is 14.3 Å². The zero-order chi connectivity index (χ0) is 18.8. The molecule has 2 heterocycles. The number of rotatable bonds is 5. The van der Waals surface area contributed by atoms with E-state index in [1.807, 2.05) is 30.5 Å². The Bertz CT molecular complexity index is 1090. The molecule has 0 aliphatic rings. The summed E-state index contributed by atoms with van der Waals surface area (Å²) in [6.07, 6.45) is 1.84. The average Bonchev–Trinajstić information content (AvgIpc) is 3.35. The number of halogens is 1. The standard InChI is InChI=1S/C19H15FN4O3/c20-14-5-3-12(4-6-14)18(26)22-16(10-25)19-23-17(24-27-19)13-2-1-11-7-8-21-15(11)9-13/h1-9,16,21,25H,10H2,(H,22,26). The van der Waals surface area contributed by atoms with Crippen LogP contribution in [0.2, 0.25) is 0 Å². The highest BCUT2D eigenvalue weighted by Gasteiger charge is 2.22. The average molecular weight is 366 g/mol. The molecule has 4 aromatic rings. The lowest BCUT2D eigenvalue weighted by atomic mass is 10.1. The van der Waals surface area contributed by atoms with E-state index in [1.165, 1.54) is 24.3 Å². The first kappa shape index (κ1) is 16.9. The monoisotopic (exact) mass is 366 g/mol. The number of carbonyl (C=O) groups excluding carboxylic acids is 1. The Morgan fingerprint density at radius 3 is 2.81 bits per heavy atom. The van der Waals surface area contributed by atoms with E-state index in [0.29, 0.717) is 5.82 Å². The van der Waals surface area contributed by atoms with Gasteiger partial charge in [0, 0.05) is 22.8 Å². The van der Waals surface area contributed by atoms with E-state index < -0.39 is 24.4 Å². The molecule has 0 bridgehead atoms. The van der Waals surface area contributed by atoms with Crippen molar-refractivity contribution < 1.29 is 18.8 Å². The lowest BCUT2D eigenvalue weighted by Crippen LogP contribution is -2.31. The number of aliphatic hydroxyl groups excluding tert-OH is 1. The van der Waals surface area contributed by atoms with Gasteiger partial charge in [-0.25, -0.2) is 4.39 Å². The fourth-order valence-electron chi connectivity index (χ4n) is 2.71. The van der Waals surface area contributed by atoms with Crippen LogP contribution in [0.3, 0.4) is 0 Å². The molecule has 7 nitrogen and oxygen atoms in total. The molecule has 136 valence electrons. The second kappa shape index (κ2) is 7.00. The second-order valence-electron chi connectivity index (χ2n) is 5.95. The summed E-state index contributed by atoms with van der Waals surface area (Å²) in [4.78, 5) is 19.6. The van der Waals surface area contributed by atoms with Crippen molar-refractivity contribution in [3.8, 4) is 11.4 Å². The SMILES string of the molecule is O=C(NC(CO)c1nc(-c2ccc3cc[nH]c3c2)no1)c1ccc(F)cc1. The van der Waals surface area contributed by atoms with Crippen molar-refractivity contribution in [2.24, 2.45) is 0 Å². The Hall–Kier alpha value is -3.52. The van der Waals surface area contributed by atoms with Gasteiger partial charge < -0.3 is 19.9 Å². The number of fused-ring (bicyclic) bond motifs is 1. The van der Waals surface area contributed by atoms with Gasteiger partial charge in [0.05, 0.1) is 6.61 Å². The first-order valence-electron chi connectivity index (χ1n) is 8.22. The Kier molecular flexibility index (Phi) is 4.39. The predicted octanol–water partition coefficient (Wildman–Crippen LogP) is 2.82. The summed E-state index contributed by atoms with van der Waals surface area (Å²) in [7, 11) is 0. The van der Waals surface area contributed by atoms with Crippen LogP contribution in [0.1, 0.15) is 22.3 Å². The molecule has 0 saturated carbocycles. The van der Waals surface area contributed by atoms with Gasteiger partial charge in [-0.3, -0.25) is 4.79 Å². The van der Waals surface area contributed by atoms with Crippen molar-refractivity contribution in [1.82, 2.24) is 20.4 Å². The van der Waals surface area contributed by atoms with Crippen LogP contribution in [-0.2, 0) is 0 Å². The quantitative estimate of drug-likeness (QED) is 0.504. The lowest BCUT2D eigenvalue weighted by Gasteiger charge is -2.12. The smallest absolute Gasteiger partial charge is 0.251 e. The Morgan fingerprint density at radius 2 is 2.04 bits per heavy atom. The molecule has 27 heavy (non-hydrogen) atoms. The first-order valence-corrected chi connectivity index (χ1v) is 8.22. The molecular weight excluding hydrogens is 351 g/mol. The zero-order valence-corrected chi connectivity index (χ0v) is 14.0. The number of hydrogen-bond donors (Lipinski definition) is 3. The molecule has 1 atom stereocenters. The number of nitrogens with one attached hydrogen (secondary N) is 2. The molecule has 8 heteroatoms. The lowest BCUT2D eigenvalue weighted by molar-refractivity contribution is 0.0901. The maximum Gasteiger partial charge on any atom is 0.251 e. The van der Waals surface area contributed by atoms with Gasteiger partial charge in [-0.1, -0.05) is 17.3 Å². The third kappa shape index (κ3) is 3.42. The van der Waals surface area contributed by atoms with Crippen LogP contribution < -0.4 is 5.32 Å². The van der Waals surface area contributed by atoms with Crippen LogP contribution in [0.15, 0.2) is 59.3 Å². The van der Waals surface area contributed by atoms with E-state index in [1.54, 1.807) is 0 Å². The van der Waals surface area contributed by atoms with E-state index >= 15 is 0 Å². The maximum absolute atomic E-state index is 13.0. The van der Waals surface area contributed by atoms with Crippen molar-refractivity contribution >= 4 is 16.8 Å². The van der Waals surface area contributed by atoms with E-state index in [4.69, 9.17) is 4.52 Å². The van der Waals surface area contributed by atoms with Crippen molar-refractivity contribution in [1.29, 1.82) is 0 Å². The molecule has 0 saturated heterocycles. The third-order valence-electron chi connectivity index (χ3n) is 4.15. The Morgan fingerprint density at radius 1 is 1.22 bits per heavy atom. The van der Waals surface area contributed by atoms with Crippen LogP contribution in [0.5, 0.6) is 0 Å². The molecule has 0 aliphatic heterocycles. The van der Waals surface area contributed by atoms with Crippen molar-refractivity contribution in [3.05, 3.63) is 72.0 Å². The number of aromatic amines is 1. The molecule has 0 fully saturated rings. The molecule has 2 aromatic carbocycles. The summed E-state index contributed by atoms with van der Waals surface area (Å²) in [5.74, 6) is -0.502. The number of amides is 1. The number of aliphatic hydroxyl groups is 1. The number of aromatic nitrogens is 3. The van der Waals surface area contributed by atoms with Crippen molar-refractivity contribution in [2.75, 3.05) is 6.61 Å². The minimum atomic E-state index is -0.877. The topological polar surface area (TPSA) is 104 Å². The highest BCUT2D eigenvalue weighted by molar-refractivity contribution is 5.94. The van der Waals surface area contributed by atoms with Gasteiger partial charge in [0.2, 0.25) is 5.82 Å². The third-order valence-corrected chi connectivity index (χ3v) is 4.15. The summed E-state index contributed by atoms with van der Waals surface area (Å²) in [6.45, 7) is -0.426. The van der Waals surface area contributed by atoms with Crippen LogP contribution in [0, 0.1) is 5.82 Å². The maximum atomic E-state index is 13.0. The van der Waals surface area contributed by atoms with Gasteiger partial charge in [0.1, 0.15) is 11.9 Å². The van der Waals surface area contributed by atoms with Crippen LogP contribution in [0.4, 0.5) is 4.39 Å². The van der Waals surface area contributed by atoms with Crippen LogP contribution >= 0.6 is 0 Å². The first-order chi connectivity index (χ1) is 13.1. The summed E-state index contributed by atoms with van der Waals surface area (Å²) in [5, 5.41) is 17.2. The molecule has 1 unspecified atom stereocenters. The van der Waals surface area contributed by atoms with Crippen molar-refractivity contribution in [3.63, 3.8) is 0 Å². The summed E-state index contributed by atoms with van der Waals surface area (Å²) in [5.41, 5.74) is 1.93. The Balaban J connectivity index is 1.54. The number of H-pyrrole nitrogens is 1. The van der Waals surface area contributed by atoms with Crippen LogP contribution in [-0.4, -0.2) is 32.7 Å². The molecule has 2 aromatic heterocycles. The molecule has 4 rings (SSSR count). The molecule has 0 radical (unpaired) electrons. The van der Waals surface area contributed by atoms with Gasteiger partial charge in [-0.2, -0.15) is 4.98 Å². The van der Waals surface area contributed by atoms with Crippen LogP contribution in [0.25, 0.3) is 22.3 Å². The van der Waals surface area contributed by atoms with E-state index in [2.05, 4.69) is 20.4 Å². The second-order valence-corrected chi connectivity index (χ2v) is 5.95. The molecule has 3 N–H and O–H groups in total. The minimum absolute atomic E-state index is 0.0783. The van der Waals surface area contributed by atoms with Gasteiger partial charge in [0.25, 0.3) is 11.8 Å². The summed E-state index contributed by atoms with van der Waals surface area (Å²) < 4.78 is 18.2.